The quantitative estimate of drug-likeness (QED) is 0.553. The number of non-ortho nitro benzene ring substituents is 1. The lowest BCUT2D eigenvalue weighted by molar-refractivity contribution is -0.384. The summed E-state index contributed by atoms with van der Waals surface area (Å²) in [5.41, 5.74) is -0.502. The van der Waals surface area contributed by atoms with Crippen molar-refractivity contribution in [2.45, 2.75) is 0 Å². The smallest absolute Gasteiger partial charge is 0.276 e. The van der Waals surface area contributed by atoms with Gasteiger partial charge in [0.05, 0.1) is 23.1 Å². The molecule has 0 fully saturated rings. The van der Waals surface area contributed by atoms with Crippen LogP contribution in [0.1, 0.15) is 10.5 Å². The highest BCUT2D eigenvalue weighted by atomic mass is 16.6. The molecule has 0 bridgehead atoms. The Bertz CT molecular complexity index is 1040. The van der Waals surface area contributed by atoms with Crippen LogP contribution in [-0.4, -0.2) is 28.1 Å². The van der Waals surface area contributed by atoms with Gasteiger partial charge in [-0.1, -0.05) is 18.2 Å². The van der Waals surface area contributed by atoms with Gasteiger partial charge in [0.15, 0.2) is 5.69 Å². The highest BCUT2D eigenvalue weighted by Gasteiger charge is 2.18. The third-order valence-corrected chi connectivity index (χ3v) is 3.55. The van der Waals surface area contributed by atoms with Crippen LogP contribution in [-0.2, 0) is 0 Å². The van der Waals surface area contributed by atoms with E-state index in [4.69, 9.17) is 4.74 Å². The van der Waals surface area contributed by atoms with Crippen LogP contribution in [0.15, 0.2) is 47.3 Å². The number of hydrogen-bond acceptors (Lipinski definition) is 6. The number of hydrogen-bond donors (Lipinski definition) is 2. The fraction of sp³-hybridized carbons (Fsp3) is 0.0625. The monoisotopic (exact) mass is 340 g/mol. The van der Waals surface area contributed by atoms with Crippen LogP contribution >= 0.6 is 0 Å². The van der Waals surface area contributed by atoms with Gasteiger partial charge in [-0.3, -0.25) is 19.7 Å². The third-order valence-electron chi connectivity index (χ3n) is 3.55. The average molecular weight is 340 g/mol. The minimum atomic E-state index is -0.633. The molecule has 0 aliphatic rings. The molecule has 0 atom stereocenters. The van der Waals surface area contributed by atoms with Crippen LogP contribution in [0.4, 0.5) is 11.4 Å². The molecule has 0 unspecified atom stereocenters. The number of carbonyl (C=O) groups is 1. The number of aromatic amines is 1. The molecule has 9 nitrogen and oxygen atoms in total. The first-order valence-corrected chi connectivity index (χ1v) is 7.12. The summed E-state index contributed by atoms with van der Waals surface area (Å²) >= 11 is 0. The van der Waals surface area contributed by atoms with Gasteiger partial charge in [-0.2, -0.15) is 5.10 Å². The summed E-state index contributed by atoms with van der Waals surface area (Å²) < 4.78 is 5.11. The van der Waals surface area contributed by atoms with E-state index in [0.29, 0.717) is 10.8 Å². The van der Waals surface area contributed by atoms with Gasteiger partial charge in [-0.15, -0.1) is 0 Å². The van der Waals surface area contributed by atoms with E-state index in [1.54, 1.807) is 24.3 Å². The molecule has 0 aliphatic heterocycles. The van der Waals surface area contributed by atoms with Crippen LogP contribution in [0.2, 0.25) is 0 Å². The second kappa shape index (κ2) is 6.40. The molecule has 2 aromatic carbocycles. The highest BCUT2D eigenvalue weighted by Crippen LogP contribution is 2.29. The molecule has 0 radical (unpaired) electrons. The lowest BCUT2D eigenvalue weighted by Crippen LogP contribution is -2.19. The van der Waals surface area contributed by atoms with E-state index in [2.05, 4.69) is 15.5 Å². The number of nitrogens with one attached hydrogen (secondary N) is 2. The summed E-state index contributed by atoms with van der Waals surface area (Å²) in [4.78, 5) is 34.7. The Hall–Kier alpha value is -3.75. The number of H-pyrrole nitrogens is 1. The van der Waals surface area contributed by atoms with Crippen molar-refractivity contribution in [3.05, 3.63) is 68.6 Å². The number of benzene rings is 2. The number of nitro groups is 1. The minimum absolute atomic E-state index is 0.0104. The van der Waals surface area contributed by atoms with E-state index in [1.807, 2.05) is 0 Å². The largest absolute Gasteiger partial charge is 0.495 e. The van der Waals surface area contributed by atoms with Gasteiger partial charge in [0, 0.05) is 17.5 Å². The molecule has 1 heterocycles. The van der Waals surface area contributed by atoms with Crippen molar-refractivity contribution in [3.63, 3.8) is 0 Å². The number of nitrogens with zero attached hydrogens (tertiary/aromatic N) is 2. The Kier molecular flexibility index (Phi) is 4.12. The fourth-order valence-electron chi connectivity index (χ4n) is 2.38. The Morgan fingerprint density at radius 3 is 2.64 bits per heavy atom. The number of rotatable bonds is 4. The second-order valence-corrected chi connectivity index (χ2v) is 5.04. The van der Waals surface area contributed by atoms with Crippen LogP contribution < -0.4 is 15.6 Å². The SMILES string of the molecule is COc1ccc([N+](=O)[O-])cc1NC(=O)c1n[nH]c(=O)c2ccccc12. The van der Waals surface area contributed by atoms with Gasteiger partial charge in [0.1, 0.15) is 5.75 Å². The first-order valence-electron chi connectivity index (χ1n) is 7.12. The predicted molar refractivity (Wildman–Crippen MR) is 90.0 cm³/mol. The average Bonchev–Trinajstić information content (AvgIpc) is 2.62. The Morgan fingerprint density at radius 1 is 1.24 bits per heavy atom. The van der Waals surface area contributed by atoms with Crippen molar-refractivity contribution in [1.82, 2.24) is 10.2 Å². The van der Waals surface area contributed by atoms with Gasteiger partial charge in [-0.05, 0) is 12.1 Å². The lowest BCUT2D eigenvalue weighted by Gasteiger charge is -2.10. The fourth-order valence-corrected chi connectivity index (χ4v) is 2.38. The van der Waals surface area contributed by atoms with E-state index in [9.17, 15) is 19.7 Å². The van der Waals surface area contributed by atoms with Gasteiger partial charge < -0.3 is 10.1 Å². The molecular formula is C16H12N4O5. The number of fused-ring (bicyclic) bond motifs is 1. The molecular weight excluding hydrogens is 328 g/mol. The summed E-state index contributed by atoms with van der Waals surface area (Å²) in [6.07, 6.45) is 0. The zero-order valence-electron chi connectivity index (χ0n) is 13.0. The number of aromatic nitrogens is 2. The molecule has 9 heteroatoms. The highest BCUT2D eigenvalue weighted by molar-refractivity contribution is 6.11. The number of nitro benzene ring substituents is 1. The maximum atomic E-state index is 12.6. The molecule has 1 amide bonds. The van der Waals surface area contributed by atoms with E-state index in [-0.39, 0.29) is 22.8 Å². The number of anilines is 1. The molecule has 3 aromatic rings. The van der Waals surface area contributed by atoms with Crippen LogP contribution in [0.5, 0.6) is 5.75 Å². The maximum absolute atomic E-state index is 12.6. The second-order valence-electron chi connectivity index (χ2n) is 5.04. The topological polar surface area (TPSA) is 127 Å². The first-order chi connectivity index (χ1) is 12.0. The van der Waals surface area contributed by atoms with E-state index < -0.39 is 16.4 Å². The Morgan fingerprint density at radius 2 is 1.96 bits per heavy atom. The van der Waals surface area contributed by atoms with Crippen LogP contribution in [0.3, 0.4) is 0 Å². The van der Waals surface area contributed by atoms with Crippen LogP contribution in [0.25, 0.3) is 10.8 Å². The molecule has 2 N–H and O–H groups in total. The van der Waals surface area contributed by atoms with E-state index in [0.717, 1.165) is 0 Å². The van der Waals surface area contributed by atoms with Gasteiger partial charge in [0.2, 0.25) is 0 Å². The normalized spacial score (nSPS) is 10.4. The summed E-state index contributed by atoms with van der Waals surface area (Å²) in [7, 11) is 1.38. The first kappa shape index (κ1) is 16.1. The minimum Gasteiger partial charge on any atom is -0.495 e. The summed E-state index contributed by atoms with van der Waals surface area (Å²) in [5.74, 6) is -0.376. The van der Waals surface area contributed by atoms with Gasteiger partial charge in [0.25, 0.3) is 17.2 Å². The number of methoxy groups -OCH3 is 1. The van der Waals surface area contributed by atoms with Crippen molar-refractivity contribution in [2.24, 2.45) is 0 Å². The van der Waals surface area contributed by atoms with E-state index in [1.165, 1.54) is 25.3 Å². The molecule has 3 rings (SSSR count). The Balaban J connectivity index is 2.04. The van der Waals surface area contributed by atoms with Gasteiger partial charge >= 0.3 is 0 Å². The van der Waals surface area contributed by atoms with E-state index >= 15 is 0 Å². The molecule has 0 aliphatic carbocycles. The summed E-state index contributed by atoms with van der Waals surface area (Å²) in [6, 6.07) is 10.3. The van der Waals surface area contributed by atoms with Crippen molar-refractivity contribution in [2.75, 3.05) is 12.4 Å². The van der Waals surface area contributed by atoms with Crippen LogP contribution in [0, 0.1) is 10.1 Å². The van der Waals surface area contributed by atoms with Gasteiger partial charge in [-0.25, -0.2) is 5.10 Å². The number of ether oxygens (including phenoxy) is 1. The van der Waals surface area contributed by atoms with Crippen molar-refractivity contribution < 1.29 is 14.5 Å². The molecule has 126 valence electrons. The standard InChI is InChI=1S/C16H12N4O5/c1-25-13-7-6-9(20(23)24)8-12(13)17-16(22)14-10-4-2-3-5-11(10)15(21)19-18-14/h2-8H,1H3,(H,17,22)(H,19,21). The van der Waals surface area contributed by atoms with Crippen molar-refractivity contribution in [3.8, 4) is 5.75 Å². The predicted octanol–water partition coefficient (Wildman–Crippen LogP) is 2.09. The maximum Gasteiger partial charge on any atom is 0.276 e. The van der Waals surface area contributed by atoms with Crippen molar-refractivity contribution in [1.29, 1.82) is 0 Å². The molecule has 1 aromatic heterocycles. The molecule has 25 heavy (non-hydrogen) atoms. The zero-order valence-corrected chi connectivity index (χ0v) is 13.0. The summed E-state index contributed by atoms with van der Waals surface area (Å²) in [5, 5.41) is 20.2. The third kappa shape index (κ3) is 3.02. The Labute approximate surface area is 140 Å². The molecule has 0 saturated carbocycles. The molecule has 0 spiro atoms. The van der Waals surface area contributed by atoms with Crippen molar-refractivity contribution >= 4 is 28.1 Å². The number of amides is 1. The lowest BCUT2D eigenvalue weighted by atomic mass is 10.1. The number of carbonyl (C=O) groups excluding carboxylic acids is 1. The summed E-state index contributed by atoms with van der Waals surface area (Å²) in [6.45, 7) is 0. The molecule has 0 saturated heterocycles. The zero-order chi connectivity index (χ0) is 18.0.